The molecule has 0 aromatic heterocycles. The SMILES string of the molecule is CC(C)CSCC(CS)C(C)(C)C. The summed E-state index contributed by atoms with van der Waals surface area (Å²) in [6, 6.07) is 0. The summed E-state index contributed by atoms with van der Waals surface area (Å²) in [4.78, 5) is 0. The molecule has 0 N–H and O–H groups in total. The van der Waals surface area contributed by atoms with Crippen LogP contribution in [-0.2, 0) is 0 Å². The Bertz CT molecular complexity index is 125. The summed E-state index contributed by atoms with van der Waals surface area (Å²) >= 11 is 6.49. The zero-order valence-electron chi connectivity index (χ0n) is 9.63. The van der Waals surface area contributed by atoms with Gasteiger partial charge in [-0.3, -0.25) is 0 Å². The second kappa shape index (κ2) is 6.23. The standard InChI is InChI=1S/C11H24S2/c1-9(2)7-13-8-10(6-12)11(3,4)5/h9-10,12H,6-8H2,1-5H3. The first-order valence-electron chi connectivity index (χ1n) is 5.06. The molecule has 0 aliphatic heterocycles. The van der Waals surface area contributed by atoms with Crippen LogP contribution >= 0.6 is 24.4 Å². The largest absolute Gasteiger partial charge is 0.179 e. The van der Waals surface area contributed by atoms with Crippen molar-refractivity contribution in [2.24, 2.45) is 17.3 Å². The lowest BCUT2D eigenvalue weighted by atomic mass is 9.83. The van der Waals surface area contributed by atoms with Crippen LogP contribution in [0.15, 0.2) is 0 Å². The van der Waals surface area contributed by atoms with Gasteiger partial charge in [0, 0.05) is 0 Å². The minimum Gasteiger partial charge on any atom is -0.179 e. The molecular formula is C11H24S2. The number of thiol groups is 1. The minimum atomic E-state index is 0.408. The molecule has 80 valence electrons. The molecule has 0 fully saturated rings. The maximum atomic E-state index is 4.42. The number of thioether (sulfide) groups is 1. The zero-order chi connectivity index (χ0) is 10.5. The lowest BCUT2D eigenvalue weighted by Gasteiger charge is -2.29. The van der Waals surface area contributed by atoms with Gasteiger partial charge in [-0.05, 0) is 34.5 Å². The average Bonchev–Trinajstić information content (AvgIpc) is 1.95. The van der Waals surface area contributed by atoms with Crippen molar-refractivity contribution >= 4 is 24.4 Å². The van der Waals surface area contributed by atoms with Crippen molar-refractivity contribution in [3.8, 4) is 0 Å². The Morgan fingerprint density at radius 2 is 1.69 bits per heavy atom. The van der Waals surface area contributed by atoms with Gasteiger partial charge >= 0.3 is 0 Å². The van der Waals surface area contributed by atoms with Crippen LogP contribution in [0.4, 0.5) is 0 Å². The molecule has 1 atom stereocenters. The molecule has 0 radical (unpaired) electrons. The lowest BCUT2D eigenvalue weighted by Crippen LogP contribution is -2.24. The van der Waals surface area contributed by atoms with E-state index >= 15 is 0 Å². The second-order valence-corrected chi connectivity index (χ2v) is 6.62. The molecule has 0 spiro atoms. The van der Waals surface area contributed by atoms with Gasteiger partial charge in [0.05, 0.1) is 0 Å². The molecule has 0 aliphatic rings. The highest BCUT2D eigenvalue weighted by Crippen LogP contribution is 2.30. The van der Waals surface area contributed by atoms with Gasteiger partial charge in [0.1, 0.15) is 0 Å². The van der Waals surface area contributed by atoms with Crippen molar-refractivity contribution < 1.29 is 0 Å². The predicted molar refractivity (Wildman–Crippen MR) is 69.0 cm³/mol. The van der Waals surface area contributed by atoms with Crippen LogP contribution in [0.5, 0.6) is 0 Å². The van der Waals surface area contributed by atoms with Gasteiger partial charge in [0.2, 0.25) is 0 Å². The van der Waals surface area contributed by atoms with Gasteiger partial charge in [-0.25, -0.2) is 0 Å². The van der Waals surface area contributed by atoms with E-state index in [4.69, 9.17) is 0 Å². The molecule has 0 nitrogen and oxygen atoms in total. The van der Waals surface area contributed by atoms with Crippen LogP contribution in [0.25, 0.3) is 0 Å². The Kier molecular flexibility index (Phi) is 6.57. The summed E-state index contributed by atoms with van der Waals surface area (Å²) in [5, 5.41) is 0. The van der Waals surface area contributed by atoms with Crippen LogP contribution in [0, 0.1) is 17.3 Å². The number of hydrogen-bond donors (Lipinski definition) is 1. The first-order valence-corrected chi connectivity index (χ1v) is 6.85. The van der Waals surface area contributed by atoms with E-state index in [0.29, 0.717) is 5.41 Å². The van der Waals surface area contributed by atoms with E-state index in [1.807, 2.05) is 0 Å². The van der Waals surface area contributed by atoms with E-state index in [0.717, 1.165) is 17.6 Å². The van der Waals surface area contributed by atoms with Crippen LogP contribution in [0.1, 0.15) is 34.6 Å². The number of hydrogen-bond acceptors (Lipinski definition) is 2. The van der Waals surface area contributed by atoms with Crippen molar-refractivity contribution in [1.29, 1.82) is 0 Å². The molecular weight excluding hydrogens is 196 g/mol. The maximum absolute atomic E-state index is 4.42. The smallest absolute Gasteiger partial charge is 0.00262 e. The maximum Gasteiger partial charge on any atom is -0.00262 e. The Labute approximate surface area is 93.7 Å². The molecule has 13 heavy (non-hydrogen) atoms. The van der Waals surface area contributed by atoms with E-state index in [1.165, 1.54) is 11.5 Å². The fourth-order valence-electron chi connectivity index (χ4n) is 1.02. The van der Waals surface area contributed by atoms with Crippen molar-refractivity contribution in [2.75, 3.05) is 17.3 Å². The van der Waals surface area contributed by atoms with Crippen molar-refractivity contribution in [3.63, 3.8) is 0 Å². The third-order valence-corrected chi connectivity index (χ3v) is 4.20. The van der Waals surface area contributed by atoms with Gasteiger partial charge in [-0.2, -0.15) is 24.4 Å². The quantitative estimate of drug-likeness (QED) is 0.684. The fraction of sp³-hybridized carbons (Fsp3) is 1.00. The normalized spacial score (nSPS) is 15.0. The molecule has 0 rings (SSSR count). The Morgan fingerprint density at radius 1 is 1.15 bits per heavy atom. The van der Waals surface area contributed by atoms with Crippen LogP contribution in [-0.4, -0.2) is 17.3 Å². The first-order chi connectivity index (χ1) is 5.88. The summed E-state index contributed by atoms with van der Waals surface area (Å²) in [6.07, 6.45) is 0. The van der Waals surface area contributed by atoms with Crippen LogP contribution < -0.4 is 0 Å². The second-order valence-electron chi connectivity index (χ2n) is 5.18. The van der Waals surface area contributed by atoms with Crippen molar-refractivity contribution in [3.05, 3.63) is 0 Å². The van der Waals surface area contributed by atoms with E-state index < -0.39 is 0 Å². The van der Waals surface area contributed by atoms with Crippen molar-refractivity contribution in [1.82, 2.24) is 0 Å². The Hall–Kier alpha value is 0.700. The van der Waals surface area contributed by atoms with Gasteiger partial charge < -0.3 is 0 Å². The highest BCUT2D eigenvalue weighted by Gasteiger charge is 2.22. The van der Waals surface area contributed by atoms with Crippen LogP contribution in [0.3, 0.4) is 0 Å². The van der Waals surface area contributed by atoms with Gasteiger partial charge in [0.25, 0.3) is 0 Å². The molecule has 0 saturated carbocycles. The van der Waals surface area contributed by atoms with E-state index in [9.17, 15) is 0 Å². The molecule has 0 aliphatic carbocycles. The summed E-state index contributed by atoms with van der Waals surface area (Å²) in [6.45, 7) is 11.5. The molecule has 2 heteroatoms. The molecule has 0 aromatic carbocycles. The van der Waals surface area contributed by atoms with Crippen molar-refractivity contribution in [2.45, 2.75) is 34.6 Å². The summed E-state index contributed by atoms with van der Waals surface area (Å²) < 4.78 is 0. The summed E-state index contributed by atoms with van der Waals surface area (Å²) in [5.41, 5.74) is 0.408. The average molecular weight is 220 g/mol. The molecule has 1 unspecified atom stereocenters. The molecule has 0 bridgehead atoms. The topological polar surface area (TPSA) is 0 Å². The van der Waals surface area contributed by atoms with Gasteiger partial charge in [0.15, 0.2) is 0 Å². The first kappa shape index (κ1) is 13.7. The lowest BCUT2D eigenvalue weighted by molar-refractivity contribution is 0.294. The Morgan fingerprint density at radius 3 is 2.00 bits per heavy atom. The minimum absolute atomic E-state index is 0.408. The van der Waals surface area contributed by atoms with Gasteiger partial charge in [-0.1, -0.05) is 34.6 Å². The fourth-order valence-corrected chi connectivity index (χ4v) is 3.38. The highest BCUT2D eigenvalue weighted by atomic mass is 32.2. The third-order valence-electron chi connectivity index (χ3n) is 2.22. The monoisotopic (exact) mass is 220 g/mol. The molecule has 0 amide bonds. The molecule has 0 heterocycles. The highest BCUT2D eigenvalue weighted by molar-refractivity contribution is 7.99. The molecule has 0 aromatic rings. The van der Waals surface area contributed by atoms with E-state index in [1.54, 1.807) is 0 Å². The Balaban J connectivity index is 3.73. The van der Waals surface area contributed by atoms with Crippen LogP contribution in [0.2, 0.25) is 0 Å². The van der Waals surface area contributed by atoms with Gasteiger partial charge in [-0.15, -0.1) is 0 Å². The zero-order valence-corrected chi connectivity index (χ0v) is 11.3. The predicted octanol–water partition coefficient (Wildman–Crippen LogP) is 3.97. The molecule has 0 saturated heterocycles. The number of rotatable bonds is 5. The van der Waals surface area contributed by atoms with E-state index in [2.05, 4.69) is 59.0 Å². The summed E-state index contributed by atoms with van der Waals surface area (Å²) in [7, 11) is 0. The van der Waals surface area contributed by atoms with E-state index in [-0.39, 0.29) is 0 Å². The third kappa shape index (κ3) is 6.73. The summed E-state index contributed by atoms with van der Waals surface area (Å²) in [5.74, 6) is 5.09.